The fraction of sp³-hybridized carbons (Fsp3) is 0.235. The number of benzene rings is 1. The third kappa shape index (κ3) is 2.90. The molecule has 2 aromatic heterocycles. The number of rotatable bonds is 3. The van der Waals surface area contributed by atoms with Crippen LogP contribution >= 0.6 is 11.3 Å². The first kappa shape index (κ1) is 14.9. The number of urea groups is 1. The van der Waals surface area contributed by atoms with Crippen LogP contribution in [0.5, 0.6) is 0 Å². The molecule has 3 N–H and O–H groups in total. The lowest BCUT2D eigenvalue weighted by molar-refractivity contribution is 0.254. The van der Waals surface area contributed by atoms with E-state index < -0.39 is 0 Å². The van der Waals surface area contributed by atoms with Crippen molar-refractivity contribution in [2.75, 3.05) is 10.7 Å². The van der Waals surface area contributed by atoms with Crippen molar-refractivity contribution >= 4 is 39.1 Å². The summed E-state index contributed by atoms with van der Waals surface area (Å²) in [5.74, 6) is 0.655. The Kier molecular flexibility index (Phi) is 4.00. The molecule has 0 fully saturated rings. The summed E-state index contributed by atoms with van der Waals surface area (Å²) in [6, 6.07) is 8.97. The number of hydrogen-bond donors (Lipinski definition) is 3. The van der Waals surface area contributed by atoms with E-state index in [2.05, 4.69) is 26.1 Å². The lowest BCUT2D eigenvalue weighted by Crippen LogP contribution is -2.34. The third-order valence-electron chi connectivity index (χ3n) is 4.08. The molecule has 0 spiro atoms. The molecule has 1 aliphatic carbocycles. The van der Waals surface area contributed by atoms with Gasteiger partial charge in [-0.25, -0.2) is 14.8 Å². The van der Waals surface area contributed by atoms with Gasteiger partial charge in [-0.05, 0) is 43.4 Å². The van der Waals surface area contributed by atoms with Crippen LogP contribution in [0.25, 0.3) is 10.2 Å². The van der Waals surface area contributed by atoms with E-state index in [0.29, 0.717) is 5.82 Å². The van der Waals surface area contributed by atoms with Crippen LogP contribution in [0, 0.1) is 0 Å². The molecule has 3 aromatic rings. The van der Waals surface area contributed by atoms with Crippen molar-refractivity contribution in [2.24, 2.45) is 0 Å². The van der Waals surface area contributed by atoms with E-state index in [4.69, 9.17) is 0 Å². The minimum Gasteiger partial charge on any atom is -0.307 e. The van der Waals surface area contributed by atoms with Gasteiger partial charge in [-0.2, -0.15) is 0 Å². The second-order valence-corrected chi connectivity index (χ2v) is 6.77. The number of aromatic nitrogens is 2. The van der Waals surface area contributed by atoms with E-state index in [-0.39, 0.29) is 6.03 Å². The van der Waals surface area contributed by atoms with Crippen LogP contribution in [0.1, 0.15) is 23.3 Å². The van der Waals surface area contributed by atoms with Crippen molar-refractivity contribution in [3.05, 3.63) is 47.1 Å². The van der Waals surface area contributed by atoms with Crippen LogP contribution in [-0.2, 0) is 12.8 Å². The summed E-state index contributed by atoms with van der Waals surface area (Å²) in [5.41, 5.74) is 7.65. The monoisotopic (exact) mass is 339 g/mol. The average molecular weight is 339 g/mol. The predicted octanol–water partition coefficient (Wildman–Crippen LogP) is 3.72. The molecule has 0 radical (unpaired) electrons. The Labute approximate surface area is 143 Å². The van der Waals surface area contributed by atoms with Crippen molar-refractivity contribution in [1.82, 2.24) is 15.4 Å². The highest BCUT2D eigenvalue weighted by Gasteiger charge is 2.19. The van der Waals surface area contributed by atoms with Gasteiger partial charge < -0.3 is 5.32 Å². The standard InChI is InChI=1S/C17H17N5OS/c23-17(20-11-6-2-1-3-7-11)22-21-15-14-12-8-4-5-9-13(12)24-16(14)19-10-18-15/h1-3,6-7,10H,4-5,8-9H2,(H,18,19,21)(H2,20,22,23). The van der Waals surface area contributed by atoms with Gasteiger partial charge in [-0.15, -0.1) is 11.3 Å². The lowest BCUT2D eigenvalue weighted by atomic mass is 9.97. The molecule has 24 heavy (non-hydrogen) atoms. The van der Waals surface area contributed by atoms with E-state index in [0.717, 1.165) is 28.7 Å². The zero-order chi connectivity index (χ0) is 16.4. The molecule has 0 saturated carbocycles. The molecular formula is C17H17N5OS. The number of amides is 2. The first-order valence-electron chi connectivity index (χ1n) is 7.94. The number of anilines is 2. The molecule has 0 bridgehead atoms. The first-order chi connectivity index (χ1) is 11.8. The molecular weight excluding hydrogens is 322 g/mol. The number of aryl methyl sites for hydroxylation is 2. The summed E-state index contributed by atoms with van der Waals surface area (Å²) in [6.07, 6.45) is 6.11. The molecule has 122 valence electrons. The fourth-order valence-corrected chi connectivity index (χ4v) is 4.21. The highest BCUT2D eigenvalue weighted by Crippen LogP contribution is 2.37. The van der Waals surface area contributed by atoms with Gasteiger partial charge in [0.1, 0.15) is 11.2 Å². The second kappa shape index (κ2) is 6.45. The van der Waals surface area contributed by atoms with Gasteiger partial charge in [0.15, 0.2) is 5.82 Å². The predicted molar refractivity (Wildman–Crippen MR) is 96.3 cm³/mol. The average Bonchev–Trinajstić information content (AvgIpc) is 3.00. The van der Waals surface area contributed by atoms with Crippen LogP contribution < -0.4 is 16.2 Å². The Bertz CT molecular complexity index is 877. The van der Waals surface area contributed by atoms with Crippen molar-refractivity contribution in [1.29, 1.82) is 0 Å². The van der Waals surface area contributed by atoms with Crippen LogP contribution in [0.2, 0.25) is 0 Å². The quantitative estimate of drug-likeness (QED) is 0.636. The van der Waals surface area contributed by atoms with Gasteiger partial charge in [0, 0.05) is 10.6 Å². The van der Waals surface area contributed by atoms with Crippen molar-refractivity contribution in [3.8, 4) is 0 Å². The van der Waals surface area contributed by atoms with E-state index in [1.165, 1.54) is 29.6 Å². The van der Waals surface area contributed by atoms with E-state index >= 15 is 0 Å². The Hall–Kier alpha value is -2.67. The minimum atomic E-state index is -0.336. The molecule has 4 rings (SSSR count). The highest BCUT2D eigenvalue weighted by atomic mass is 32.1. The SMILES string of the molecule is O=C(NNc1ncnc2sc3c(c12)CCCC3)Nc1ccccc1. The van der Waals surface area contributed by atoms with E-state index in [9.17, 15) is 4.79 Å². The Morgan fingerprint density at radius 1 is 1.08 bits per heavy atom. The van der Waals surface area contributed by atoms with Gasteiger partial charge in [-0.3, -0.25) is 10.9 Å². The number of nitrogens with zero attached hydrogens (tertiary/aromatic N) is 2. The molecule has 0 atom stereocenters. The smallest absolute Gasteiger partial charge is 0.307 e. The molecule has 1 aliphatic rings. The highest BCUT2D eigenvalue weighted by molar-refractivity contribution is 7.19. The Balaban J connectivity index is 1.52. The maximum absolute atomic E-state index is 12.0. The maximum Gasteiger partial charge on any atom is 0.337 e. The van der Waals surface area contributed by atoms with Gasteiger partial charge in [0.05, 0.1) is 5.39 Å². The van der Waals surface area contributed by atoms with Crippen LogP contribution in [0.3, 0.4) is 0 Å². The molecule has 7 heteroatoms. The number of para-hydroxylation sites is 1. The van der Waals surface area contributed by atoms with Crippen molar-refractivity contribution in [2.45, 2.75) is 25.7 Å². The minimum absolute atomic E-state index is 0.336. The molecule has 2 heterocycles. The van der Waals surface area contributed by atoms with Gasteiger partial charge in [-0.1, -0.05) is 18.2 Å². The molecule has 2 amide bonds. The summed E-state index contributed by atoms with van der Waals surface area (Å²) in [7, 11) is 0. The summed E-state index contributed by atoms with van der Waals surface area (Å²) >= 11 is 1.73. The third-order valence-corrected chi connectivity index (χ3v) is 5.28. The molecule has 0 aliphatic heterocycles. The Morgan fingerprint density at radius 3 is 2.79 bits per heavy atom. The normalized spacial score (nSPS) is 13.3. The molecule has 0 saturated heterocycles. The maximum atomic E-state index is 12.0. The van der Waals surface area contributed by atoms with Crippen molar-refractivity contribution in [3.63, 3.8) is 0 Å². The van der Waals surface area contributed by atoms with Crippen LogP contribution in [0.15, 0.2) is 36.7 Å². The number of carbonyl (C=O) groups is 1. The van der Waals surface area contributed by atoms with E-state index in [1.807, 2.05) is 30.3 Å². The van der Waals surface area contributed by atoms with E-state index in [1.54, 1.807) is 11.3 Å². The van der Waals surface area contributed by atoms with Crippen LogP contribution in [0.4, 0.5) is 16.3 Å². The largest absolute Gasteiger partial charge is 0.337 e. The first-order valence-corrected chi connectivity index (χ1v) is 8.76. The Morgan fingerprint density at radius 2 is 1.92 bits per heavy atom. The summed E-state index contributed by atoms with van der Waals surface area (Å²) in [6.45, 7) is 0. The number of nitrogens with one attached hydrogen (secondary N) is 3. The number of thiophene rings is 1. The fourth-order valence-electron chi connectivity index (χ4n) is 2.98. The number of carbonyl (C=O) groups excluding carboxylic acids is 1. The number of hydrazine groups is 1. The number of hydrogen-bond acceptors (Lipinski definition) is 5. The zero-order valence-corrected chi connectivity index (χ0v) is 13.8. The van der Waals surface area contributed by atoms with Crippen molar-refractivity contribution < 1.29 is 4.79 Å². The van der Waals surface area contributed by atoms with Gasteiger partial charge >= 0.3 is 6.03 Å². The summed E-state index contributed by atoms with van der Waals surface area (Å²) < 4.78 is 0. The number of fused-ring (bicyclic) bond motifs is 3. The zero-order valence-electron chi connectivity index (χ0n) is 13.0. The lowest BCUT2D eigenvalue weighted by Gasteiger charge is -2.13. The summed E-state index contributed by atoms with van der Waals surface area (Å²) in [4.78, 5) is 23.1. The molecule has 1 aromatic carbocycles. The topological polar surface area (TPSA) is 78.9 Å². The van der Waals surface area contributed by atoms with Crippen LogP contribution in [-0.4, -0.2) is 16.0 Å². The summed E-state index contributed by atoms with van der Waals surface area (Å²) in [5, 5.41) is 3.80. The molecule has 0 unspecified atom stereocenters. The van der Waals surface area contributed by atoms with Gasteiger partial charge in [0.25, 0.3) is 0 Å². The van der Waals surface area contributed by atoms with Gasteiger partial charge in [0.2, 0.25) is 0 Å². The molecule has 6 nitrogen and oxygen atoms in total. The second-order valence-electron chi connectivity index (χ2n) is 5.68.